The number of anilines is 1. The Balaban J connectivity index is 2.92. The number of nitrogens with two attached hydrogens (primary N) is 2. The summed E-state index contributed by atoms with van der Waals surface area (Å²) in [5.41, 5.74) is 13.3. The minimum absolute atomic E-state index is 0.339. The van der Waals surface area contributed by atoms with Gasteiger partial charge in [-0.25, -0.2) is 0 Å². The van der Waals surface area contributed by atoms with Crippen LogP contribution in [0.5, 0.6) is 0 Å². The summed E-state index contributed by atoms with van der Waals surface area (Å²) in [5.74, 6) is 0. The van der Waals surface area contributed by atoms with Crippen LogP contribution in [0.3, 0.4) is 0 Å². The second kappa shape index (κ2) is 5.84. The molecule has 0 amide bonds. The van der Waals surface area contributed by atoms with Gasteiger partial charge in [0.15, 0.2) is 0 Å². The second-order valence-electron chi connectivity index (χ2n) is 3.91. The summed E-state index contributed by atoms with van der Waals surface area (Å²) in [7, 11) is 0. The van der Waals surface area contributed by atoms with E-state index in [2.05, 4.69) is 0 Å². The Morgan fingerprint density at radius 3 is 2.56 bits per heavy atom. The molecular formula is C12H20N2O2. The lowest BCUT2D eigenvalue weighted by Crippen LogP contribution is -2.22. The van der Waals surface area contributed by atoms with E-state index in [-0.39, 0.29) is 0 Å². The van der Waals surface area contributed by atoms with Crippen molar-refractivity contribution >= 4 is 5.69 Å². The molecule has 2 atom stereocenters. The molecule has 0 saturated carbocycles. The van der Waals surface area contributed by atoms with E-state index < -0.39 is 12.2 Å². The average Bonchev–Trinajstić information content (AvgIpc) is 2.29. The number of hydrogen-bond acceptors (Lipinski definition) is 4. The number of hydrogen-bond donors (Lipinski definition) is 4. The molecule has 0 aliphatic heterocycles. The van der Waals surface area contributed by atoms with Crippen molar-refractivity contribution in [2.45, 2.75) is 32.0 Å². The van der Waals surface area contributed by atoms with Crippen LogP contribution in [0.15, 0.2) is 18.2 Å². The molecule has 0 radical (unpaired) electrons. The minimum atomic E-state index is -0.963. The van der Waals surface area contributed by atoms with Gasteiger partial charge in [-0.1, -0.05) is 19.1 Å². The van der Waals surface area contributed by atoms with Gasteiger partial charge in [-0.2, -0.15) is 0 Å². The third-order valence-corrected chi connectivity index (χ3v) is 2.70. The summed E-state index contributed by atoms with van der Waals surface area (Å²) < 4.78 is 0. The zero-order valence-electron chi connectivity index (χ0n) is 9.56. The molecule has 2 unspecified atom stereocenters. The van der Waals surface area contributed by atoms with Crippen molar-refractivity contribution in [3.05, 3.63) is 29.3 Å². The predicted octanol–water partition coefficient (Wildman–Crippen LogP) is 0.574. The van der Waals surface area contributed by atoms with Gasteiger partial charge < -0.3 is 21.7 Å². The van der Waals surface area contributed by atoms with Gasteiger partial charge in [-0.3, -0.25) is 0 Å². The fourth-order valence-electron chi connectivity index (χ4n) is 1.64. The monoisotopic (exact) mass is 224 g/mol. The van der Waals surface area contributed by atoms with E-state index in [0.717, 1.165) is 12.0 Å². The number of aliphatic hydroxyl groups is 2. The third kappa shape index (κ3) is 2.95. The van der Waals surface area contributed by atoms with Gasteiger partial charge in [-0.15, -0.1) is 0 Å². The van der Waals surface area contributed by atoms with Crippen LogP contribution in [-0.4, -0.2) is 22.9 Å². The maximum absolute atomic E-state index is 9.94. The normalized spacial score (nSPS) is 14.8. The summed E-state index contributed by atoms with van der Waals surface area (Å²) in [4.78, 5) is 0. The first-order valence-electron chi connectivity index (χ1n) is 5.54. The summed E-state index contributed by atoms with van der Waals surface area (Å²) >= 11 is 0. The Kier molecular flexibility index (Phi) is 4.73. The quantitative estimate of drug-likeness (QED) is 0.550. The van der Waals surface area contributed by atoms with Gasteiger partial charge in [0.2, 0.25) is 0 Å². The molecule has 16 heavy (non-hydrogen) atoms. The molecule has 0 spiro atoms. The fourth-order valence-corrected chi connectivity index (χ4v) is 1.64. The summed E-state index contributed by atoms with van der Waals surface area (Å²) in [6.07, 6.45) is -0.598. The van der Waals surface area contributed by atoms with E-state index in [1.54, 1.807) is 6.07 Å². The molecule has 0 aromatic heterocycles. The smallest absolute Gasteiger partial charge is 0.107 e. The topological polar surface area (TPSA) is 92.5 Å². The van der Waals surface area contributed by atoms with Crippen LogP contribution in [0, 0.1) is 0 Å². The molecule has 0 aliphatic rings. The molecule has 90 valence electrons. The van der Waals surface area contributed by atoms with Crippen LogP contribution < -0.4 is 11.5 Å². The van der Waals surface area contributed by atoms with Gasteiger partial charge in [0.1, 0.15) is 6.10 Å². The van der Waals surface area contributed by atoms with Crippen molar-refractivity contribution in [3.8, 4) is 0 Å². The molecule has 1 rings (SSSR count). The second-order valence-corrected chi connectivity index (χ2v) is 3.91. The zero-order valence-corrected chi connectivity index (χ0v) is 9.56. The molecule has 4 heteroatoms. The molecule has 0 fully saturated rings. The average molecular weight is 224 g/mol. The van der Waals surface area contributed by atoms with Crippen LogP contribution >= 0.6 is 0 Å². The van der Waals surface area contributed by atoms with Crippen LogP contribution in [0.4, 0.5) is 5.69 Å². The first kappa shape index (κ1) is 13.0. The lowest BCUT2D eigenvalue weighted by atomic mass is 9.98. The highest BCUT2D eigenvalue weighted by Crippen LogP contribution is 2.25. The van der Waals surface area contributed by atoms with Crippen LogP contribution in [-0.2, 0) is 6.42 Å². The van der Waals surface area contributed by atoms with Crippen molar-refractivity contribution < 1.29 is 10.2 Å². The van der Waals surface area contributed by atoms with E-state index in [1.165, 1.54) is 0 Å². The molecular weight excluding hydrogens is 204 g/mol. The SMILES string of the molecule is CCc1ccc(N)c(C(O)C(O)CCN)c1. The highest BCUT2D eigenvalue weighted by Gasteiger charge is 2.19. The fraction of sp³-hybridized carbons (Fsp3) is 0.500. The first-order chi connectivity index (χ1) is 7.60. The summed E-state index contributed by atoms with van der Waals surface area (Å²) in [6.45, 7) is 2.36. The Bertz CT molecular complexity index is 342. The van der Waals surface area contributed by atoms with Crippen LogP contribution in [0.25, 0.3) is 0 Å². The number of rotatable bonds is 5. The van der Waals surface area contributed by atoms with E-state index >= 15 is 0 Å². The van der Waals surface area contributed by atoms with Gasteiger partial charge >= 0.3 is 0 Å². The molecule has 0 bridgehead atoms. The van der Waals surface area contributed by atoms with E-state index in [1.807, 2.05) is 19.1 Å². The van der Waals surface area contributed by atoms with Crippen molar-refractivity contribution in [1.29, 1.82) is 0 Å². The standard InChI is InChI=1S/C12H20N2O2/c1-2-8-3-4-10(14)9(7-8)12(16)11(15)5-6-13/h3-4,7,11-12,15-16H,2,5-6,13-14H2,1H3. The molecule has 4 nitrogen and oxygen atoms in total. The zero-order chi connectivity index (χ0) is 12.1. The lowest BCUT2D eigenvalue weighted by molar-refractivity contribution is 0.0154. The van der Waals surface area contributed by atoms with E-state index in [9.17, 15) is 10.2 Å². The van der Waals surface area contributed by atoms with E-state index in [4.69, 9.17) is 11.5 Å². The molecule has 0 saturated heterocycles. The molecule has 0 heterocycles. The third-order valence-electron chi connectivity index (χ3n) is 2.70. The number of nitrogen functional groups attached to an aromatic ring is 1. The molecule has 0 aliphatic carbocycles. The summed E-state index contributed by atoms with van der Waals surface area (Å²) in [5, 5.41) is 19.6. The van der Waals surface area contributed by atoms with Gasteiger partial charge in [0, 0.05) is 11.3 Å². The van der Waals surface area contributed by atoms with Crippen molar-refractivity contribution in [2.75, 3.05) is 12.3 Å². The first-order valence-corrected chi connectivity index (χ1v) is 5.54. The lowest BCUT2D eigenvalue weighted by Gasteiger charge is -2.19. The minimum Gasteiger partial charge on any atom is -0.398 e. The van der Waals surface area contributed by atoms with Gasteiger partial charge in [-0.05, 0) is 31.0 Å². The van der Waals surface area contributed by atoms with Crippen molar-refractivity contribution in [2.24, 2.45) is 5.73 Å². The largest absolute Gasteiger partial charge is 0.398 e. The molecule has 1 aromatic rings. The Labute approximate surface area is 95.9 Å². The van der Waals surface area contributed by atoms with Crippen LogP contribution in [0.1, 0.15) is 30.6 Å². The Hall–Kier alpha value is -1.10. The van der Waals surface area contributed by atoms with E-state index in [0.29, 0.717) is 24.2 Å². The Morgan fingerprint density at radius 2 is 2.00 bits per heavy atom. The highest BCUT2D eigenvalue weighted by atomic mass is 16.3. The van der Waals surface area contributed by atoms with Gasteiger partial charge in [0.25, 0.3) is 0 Å². The number of aliphatic hydroxyl groups excluding tert-OH is 2. The van der Waals surface area contributed by atoms with Crippen LogP contribution in [0.2, 0.25) is 0 Å². The maximum atomic E-state index is 9.94. The summed E-state index contributed by atoms with van der Waals surface area (Å²) in [6, 6.07) is 5.51. The molecule has 1 aromatic carbocycles. The number of aryl methyl sites for hydroxylation is 1. The number of benzene rings is 1. The predicted molar refractivity (Wildman–Crippen MR) is 64.9 cm³/mol. The van der Waals surface area contributed by atoms with Crippen molar-refractivity contribution in [1.82, 2.24) is 0 Å². The molecule has 6 N–H and O–H groups in total. The van der Waals surface area contributed by atoms with Crippen molar-refractivity contribution in [3.63, 3.8) is 0 Å². The maximum Gasteiger partial charge on any atom is 0.107 e. The highest BCUT2D eigenvalue weighted by molar-refractivity contribution is 5.50. The van der Waals surface area contributed by atoms with Gasteiger partial charge in [0.05, 0.1) is 6.10 Å². The Morgan fingerprint density at radius 1 is 1.31 bits per heavy atom.